The predicted octanol–water partition coefficient (Wildman–Crippen LogP) is 0.470. The maximum absolute atomic E-state index is 10.2. The fourth-order valence-corrected chi connectivity index (χ4v) is 0.663. The summed E-state index contributed by atoms with van der Waals surface area (Å²) < 4.78 is 4.92. The Morgan fingerprint density at radius 1 is 1.78 bits per heavy atom. The van der Waals surface area contributed by atoms with Gasteiger partial charge in [0.15, 0.2) is 13.6 Å². The molecule has 45 valence electrons. The van der Waals surface area contributed by atoms with E-state index in [-0.39, 0.29) is 0 Å². The van der Waals surface area contributed by atoms with Gasteiger partial charge < -0.3 is 4.42 Å². The first-order valence-corrected chi connectivity index (χ1v) is 2.70. The molecule has 0 aliphatic heterocycles. The van der Waals surface area contributed by atoms with Gasteiger partial charge in [-0.05, 0) is 6.07 Å². The standard InChI is InChI=1S/C6H6BO2/c1-7-6-5(4-8)2-3-9-6/h2-4H,1H3. The zero-order chi connectivity index (χ0) is 6.69. The van der Waals surface area contributed by atoms with E-state index >= 15 is 0 Å². The number of carbonyl (C=O) groups is 1. The van der Waals surface area contributed by atoms with Crippen molar-refractivity contribution in [1.29, 1.82) is 0 Å². The first kappa shape index (κ1) is 6.14. The van der Waals surface area contributed by atoms with Crippen molar-refractivity contribution in [2.75, 3.05) is 0 Å². The molecule has 1 aromatic rings. The Morgan fingerprint density at radius 3 is 3.00 bits per heavy atom. The first-order valence-electron chi connectivity index (χ1n) is 2.70. The van der Waals surface area contributed by atoms with E-state index in [2.05, 4.69) is 0 Å². The molecule has 0 unspecified atom stereocenters. The zero-order valence-corrected chi connectivity index (χ0v) is 5.13. The molecule has 1 aromatic heterocycles. The summed E-state index contributed by atoms with van der Waals surface area (Å²) in [6.07, 6.45) is 2.28. The summed E-state index contributed by atoms with van der Waals surface area (Å²) in [5.74, 6) is 0. The molecule has 0 saturated carbocycles. The normalized spacial score (nSPS) is 9.00. The van der Waals surface area contributed by atoms with Gasteiger partial charge in [-0.3, -0.25) is 4.79 Å². The Hall–Kier alpha value is -0.985. The molecule has 0 fully saturated rings. The Bertz CT molecular complexity index is 205. The van der Waals surface area contributed by atoms with Gasteiger partial charge in [-0.2, -0.15) is 0 Å². The van der Waals surface area contributed by atoms with Crippen LogP contribution in [0.1, 0.15) is 10.4 Å². The third kappa shape index (κ3) is 1.04. The highest BCUT2D eigenvalue weighted by Gasteiger charge is 2.00. The summed E-state index contributed by atoms with van der Waals surface area (Å²) in [6, 6.07) is 1.64. The van der Waals surface area contributed by atoms with E-state index < -0.39 is 0 Å². The molecule has 1 rings (SSSR count). The average molecular weight is 121 g/mol. The third-order valence-corrected chi connectivity index (χ3v) is 1.12. The number of furan rings is 1. The van der Waals surface area contributed by atoms with E-state index in [0.29, 0.717) is 11.2 Å². The topological polar surface area (TPSA) is 30.2 Å². The van der Waals surface area contributed by atoms with Crippen LogP contribution in [0.3, 0.4) is 0 Å². The lowest BCUT2D eigenvalue weighted by molar-refractivity contribution is 0.112. The molecule has 2 nitrogen and oxygen atoms in total. The van der Waals surface area contributed by atoms with Crippen LogP contribution in [0, 0.1) is 0 Å². The van der Waals surface area contributed by atoms with Crippen LogP contribution in [-0.4, -0.2) is 13.6 Å². The zero-order valence-electron chi connectivity index (χ0n) is 5.13. The van der Waals surface area contributed by atoms with Crippen molar-refractivity contribution in [2.45, 2.75) is 6.82 Å². The smallest absolute Gasteiger partial charge is 0.199 e. The molecule has 0 amide bonds. The lowest BCUT2D eigenvalue weighted by atomic mass is 9.77. The van der Waals surface area contributed by atoms with Gasteiger partial charge in [0.05, 0.1) is 11.9 Å². The van der Waals surface area contributed by atoms with Crippen molar-refractivity contribution in [3.63, 3.8) is 0 Å². The van der Waals surface area contributed by atoms with Crippen LogP contribution in [0.15, 0.2) is 16.7 Å². The molecular formula is C6H6BO2. The monoisotopic (exact) mass is 121 g/mol. The Kier molecular flexibility index (Phi) is 1.73. The van der Waals surface area contributed by atoms with E-state index in [1.165, 1.54) is 6.26 Å². The first-order chi connectivity index (χ1) is 4.38. The molecule has 0 aliphatic carbocycles. The van der Waals surface area contributed by atoms with Crippen molar-refractivity contribution >= 4 is 19.2 Å². The maximum Gasteiger partial charge on any atom is 0.199 e. The second-order valence-electron chi connectivity index (χ2n) is 1.65. The minimum Gasteiger partial charge on any atom is -0.480 e. The van der Waals surface area contributed by atoms with E-state index in [4.69, 9.17) is 4.42 Å². The fourth-order valence-electron chi connectivity index (χ4n) is 0.663. The molecule has 0 aliphatic rings. The van der Waals surface area contributed by atoms with Gasteiger partial charge in [-0.25, -0.2) is 0 Å². The molecule has 0 spiro atoms. The summed E-state index contributed by atoms with van der Waals surface area (Å²) in [7, 11) is 1.75. The molecule has 0 saturated heterocycles. The van der Waals surface area contributed by atoms with E-state index in [0.717, 1.165) is 6.29 Å². The van der Waals surface area contributed by atoms with Crippen LogP contribution in [0.4, 0.5) is 0 Å². The Balaban J connectivity index is 2.98. The Morgan fingerprint density at radius 2 is 2.56 bits per heavy atom. The summed E-state index contributed by atoms with van der Waals surface area (Å²) in [6.45, 7) is 1.83. The van der Waals surface area contributed by atoms with Crippen LogP contribution >= 0.6 is 0 Å². The molecule has 1 heterocycles. The van der Waals surface area contributed by atoms with E-state index in [9.17, 15) is 4.79 Å². The quantitative estimate of drug-likeness (QED) is 0.420. The highest BCUT2D eigenvalue weighted by Crippen LogP contribution is 1.91. The number of hydrogen-bond donors (Lipinski definition) is 0. The van der Waals surface area contributed by atoms with Crippen LogP contribution in [0.25, 0.3) is 0 Å². The van der Waals surface area contributed by atoms with Crippen molar-refractivity contribution in [1.82, 2.24) is 0 Å². The van der Waals surface area contributed by atoms with Crippen LogP contribution in [0.2, 0.25) is 6.82 Å². The minimum atomic E-state index is 0.609. The van der Waals surface area contributed by atoms with Gasteiger partial charge in [0.2, 0.25) is 0 Å². The second kappa shape index (κ2) is 2.53. The second-order valence-corrected chi connectivity index (χ2v) is 1.65. The minimum absolute atomic E-state index is 0.609. The van der Waals surface area contributed by atoms with Crippen molar-refractivity contribution < 1.29 is 9.21 Å². The number of aldehydes is 1. The SMILES string of the molecule is C[B]c1occc1C=O. The van der Waals surface area contributed by atoms with Gasteiger partial charge >= 0.3 is 0 Å². The molecule has 1 radical (unpaired) electrons. The number of rotatable bonds is 2. The third-order valence-electron chi connectivity index (χ3n) is 1.12. The van der Waals surface area contributed by atoms with Crippen molar-refractivity contribution in [2.24, 2.45) is 0 Å². The molecule has 3 heteroatoms. The van der Waals surface area contributed by atoms with Gasteiger partial charge in [0.1, 0.15) is 0 Å². The van der Waals surface area contributed by atoms with Crippen LogP contribution in [-0.2, 0) is 0 Å². The Labute approximate surface area is 54.1 Å². The van der Waals surface area contributed by atoms with E-state index in [1.807, 2.05) is 6.82 Å². The summed E-state index contributed by atoms with van der Waals surface area (Å²) in [5, 5.41) is 0. The summed E-state index contributed by atoms with van der Waals surface area (Å²) in [4.78, 5) is 10.2. The fraction of sp³-hybridized carbons (Fsp3) is 0.167. The summed E-state index contributed by atoms with van der Waals surface area (Å²) >= 11 is 0. The molecule has 0 aromatic carbocycles. The van der Waals surface area contributed by atoms with Gasteiger partial charge in [-0.1, -0.05) is 6.82 Å². The average Bonchev–Trinajstić information content (AvgIpc) is 2.33. The lowest BCUT2D eigenvalue weighted by Crippen LogP contribution is -2.11. The number of carbonyl (C=O) groups excluding carboxylic acids is 1. The number of hydrogen-bond acceptors (Lipinski definition) is 2. The van der Waals surface area contributed by atoms with E-state index in [1.54, 1.807) is 13.3 Å². The van der Waals surface area contributed by atoms with Crippen LogP contribution < -0.4 is 5.66 Å². The van der Waals surface area contributed by atoms with Crippen molar-refractivity contribution in [3.8, 4) is 0 Å². The van der Waals surface area contributed by atoms with Gasteiger partial charge in [0.25, 0.3) is 0 Å². The highest BCUT2D eigenvalue weighted by atomic mass is 16.3. The largest absolute Gasteiger partial charge is 0.480 e. The molecule has 9 heavy (non-hydrogen) atoms. The predicted molar refractivity (Wildman–Crippen MR) is 35.3 cm³/mol. The molecule has 0 bridgehead atoms. The lowest BCUT2D eigenvalue weighted by Gasteiger charge is -1.85. The summed E-state index contributed by atoms with van der Waals surface area (Å²) in [5.41, 5.74) is 1.25. The molecule has 0 N–H and O–H groups in total. The molecular weight excluding hydrogens is 115 g/mol. The highest BCUT2D eigenvalue weighted by molar-refractivity contribution is 6.51. The van der Waals surface area contributed by atoms with Gasteiger partial charge in [-0.15, -0.1) is 0 Å². The maximum atomic E-state index is 10.2. The van der Waals surface area contributed by atoms with Crippen LogP contribution in [0.5, 0.6) is 0 Å². The van der Waals surface area contributed by atoms with Crippen molar-refractivity contribution in [3.05, 3.63) is 17.9 Å². The van der Waals surface area contributed by atoms with Gasteiger partial charge in [0, 0.05) is 5.56 Å². The molecule has 0 atom stereocenters.